The number of thioether (sulfide) groups is 1. The molecule has 4 aromatic rings. The average molecular weight is 451 g/mol. The molecule has 9 heteroatoms. The van der Waals surface area contributed by atoms with Gasteiger partial charge in [0, 0.05) is 30.5 Å². The number of para-hydroxylation sites is 1. The predicted octanol–water partition coefficient (Wildman–Crippen LogP) is 3.48. The van der Waals surface area contributed by atoms with Crippen LogP contribution in [-0.2, 0) is 13.6 Å². The van der Waals surface area contributed by atoms with Crippen LogP contribution >= 0.6 is 11.8 Å². The summed E-state index contributed by atoms with van der Waals surface area (Å²) in [5, 5.41) is 8.71. The van der Waals surface area contributed by atoms with Crippen LogP contribution in [0.2, 0.25) is 0 Å². The van der Waals surface area contributed by atoms with Crippen molar-refractivity contribution in [2.75, 3.05) is 5.75 Å². The molecule has 0 unspecified atom stereocenters. The molecule has 0 aliphatic carbocycles. The first-order chi connectivity index (χ1) is 15.3. The second-order valence-corrected chi connectivity index (χ2v) is 8.58. The fourth-order valence-corrected chi connectivity index (χ4v) is 4.84. The zero-order valence-corrected chi connectivity index (χ0v) is 19.7. The lowest BCUT2D eigenvalue weighted by molar-refractivity contribution is 0.102. The van der Waals surface area contributed by atoms with Crippen LogP contribution in [0.15, 0.2) is 52.7 Å². The van der Waals surface area contributed by atoms with E-state index in [-0.39, 0.29) is 17.1 Å². The number of hydrogen-bond donors (Lipinski definition) is 0. The lowest BCUT2D eigenvalue weighted by Crippen LogP contribution is -2.22. The second kappa shape index (κ2) is 8.66. The van der Waals surface area contributed by atoms with Gasteiger partial charge in [-0.3, -0.25) is 14.3 Å². The Bertz CT molecular complexity index is 1340. The van der Waals surface area contributed by atoms with Crippen molar-refractivity contribution < 1.29 is 4.79 Å². The van der Waals surface area contributed by atoms with Gasteiger partial charge < -0.3 is 9.13 Å². The fraction of sp³-hybridized carbons (Fsp3) is 0.304. The minimum atomic E-state index is -0.123. The largest absolute Gasteiger partial charge is 0.311 e. The molecule has 0 fully saturated rings. The number of ketones is 1. The van der Waals surface area contributed by atoms with Crippen molar-refractivity contribution in [1.29, 1.82) is 0 Å². The zero-order valence-electron chi connectivity index (χ0n) is 18.9. The molecule has 8 nitrogen and oxygen atoms in total. The summed E-state index contributed by atoms with van der Waals surface area (Å²) in [6.07, 6.45) is 1.66. The Morgan fingerprint density at radius 3 is 2.50 bits per heavy atom. The van der Waals surface area contributed by atoms with Crippen molar-refractivity contribution >= 4 is 17.5 Å². The van der Waals surface area contributed by atoms with Crippen LogP contribution < -0.4 is 5.56 Å². The number of aromatic nitrogens is 6. The molecule has 32 heavy (non-hydrogen) atoms. The van der Waals surface area contributed by atoms with Gasteiger partial charge in [0.25, 0.3) is 5.56 Å². The second-order valence-electron chi connectivity index (χ2n) is 7.64. The molecule has 4 rings (SSSR count). The molecule has 1 aromatic carbocycles. The quantitative estimate of drug-likeness (QED) is 0.318. The molecular formula is C23H26N6O2S. The Labute approximate surface area is 190 Å². The summed E-state index contributed by atoms with van der Waals surface area (Å²) >= 11 is 1.37. The highest BCUT2D eigenvalue weighted by Crippen LogP contribution is 2.25. The molecule has 0 aliphatic heterocycles. The lowest BCUT2D eigenvalue weighted by Gasteiger charge is -2.08. The summed E-state index contributed by atoms with van der Waals surface area (Å²) in [6, 6.07) is 11.4. The number of benzene rings is 1. The highest BCUT2D eigenvalue weighted by molar-refractivity contribution is 7.99. The van der Waals surface area contributed by atoms with Crippen LogP contribution in [0.3, 0.4) is 0 Å². The van der Waals surface area contributed by atoms with Crippen LogP contribution in [0.5, 0.6) is 0 Å². The first-order valence-electron chi connectivity index (χ1n) is 10.4. The molecule has 0 spiro atoms. The number of rotatable bonds is 7. The molecule has 0 N–H and O–H groups in total. The molecular weight excluding hydrogens is 424 g/mol. The molecule has 0 saturated heterocycles. The van der Waals surface area contributed by atoms with Crippen molar-refractivity contribution in [3.8, 4) is 11.4 Å². The summed E-state index contributed by atoms with van der Waals surface area (Å²) in [7, 11) is 1.87. The third-order valence-corrected chi connectivity index (χ3v) is 6.71. The van der Waals surface area contributed by atoms with Gasteiger partial charge in [-0.1, -0.05) is 30.0 Å². The SMILES string of the molecule is CCn1cnnc1SCC(=O)c1cc(C)n(-c2c(C)n(C)n(-c3ccccc3)c2=O)c1C. The van der Waals surface area contributed by atoms with Crippen molar-refractivity contribution in [2.24, 2.45) is 7.05 Å². The van der Waals surface area contributed by atoms with Crippen LogP contribution in [-0.4, -0.2) is 40.2 Å². The van der Waals surface area contributed by atoms with E-state index in [0.29, 0.717) is 11.3 Å². The number of carbonyl (C=O) groups excluding carboxylic acids is 1. The molecule has 0 radical (unpaired) electrons. The van der Waals surface area contributed by atoms with Crippen molar-refractivity contribution in [3.63, 3.8) is 0 Å². The van der Waals surface area contributed by atoms with Gasteiger partial charge in [-0.25, -0.2) is 4.68 Å². The minimum Gasteiger partial charge on any atom is -0.311 e. The van der Waals surface area contributed by atoms with E-state index in [1.165, 1.54) is 11.8 Å². The molecule has 0 aliphatic rings. The number of carbonyl (C=O) groups is 1. The number of hydrogen-bond acceptors (Lipinski definition) is 5. The summed E-state index contributed by atoms with van der Waals surface area (Å²) in [5.41, 5.74) is 4.28. The van der Waals surface area contributed by atoms with Gasteiger partial charge in [0.1, 0.15) is 12.0 Å². The highest BCUT2D eigenvalue weighted by Gasteiger charge is 2.24. The van der Waals surface area contributed by atoms with Gasteiger partial charge in [-0.2, -0.15) is 0 Å². The van der Waals surface area contributed by atoms with Crippen LogP contribution in [0.4, 0.5) is 0 Å². The maximum absolute atomic E-state index is 13.5. The Kier molecular flexibility index (Phi) is 5.92. The normalized spacial score (nSPS) is 11.3. The molecule has 0 bridgehead atoms. The molecule has 3 heterocycles. The summed E-state index contributed by atoms with van der Waals surface area (Å²) < 4.78 is 7.30. The predicted molar refractivity (Wildman–Crippen MR) is 125 cm³/mol. The van der Waals surface area contributed by atoms with Crippen LogP contribution in [0, 0.1) is 20.8 Å². The van der Waals surface area contributed by atoms with E-state index in [1.807, 2.05) is 85.0 Å². The van der Waals surface area contributed by atoms with Crippen molar-refractivity contribution in [1.82, 2.24) is 28.7 Å². The molecule has 0 atom stereocenters. The van der Waals surface area contributed by atoms with Crippen molar-refractivity contribution in [3.05, 3.63) is 75.7 Å². The third kappa shape index (κ3) is 3.62. The van der Waals surface area contributed by atoms with Gasteiger partial charge in [0.2, 0.25) is 0 Å². The van der Waals surface area contributed by atoms with E-state index in [2.05, 4.69) is 10.2 Å². The number of aryl methyl sites for hydroxylation is 2. The summed E-state index contributed by atoms with van der Waals surface area (Å²) in [5.74, 6) is 0.252. The first kappa shape index (κ1) is 21.9. The van der Waals surface area contributed by atoms with Gasteiger partial charge in [-0.15, -0.1) is 10.2 Å². The topological polar surface area (TPSA) is 79.6 Å². The van der Waals surface area contributed by atoms with Crippen LogP contribution in [0.1, 0.15) is 34.4 Å². The fourth-order valence-electron chi connectivity index (χ4n) is 3.98. The van der Waals surface area contributed by atoms with Gasteiger partial charge in [0.05, 0.1) is 17.1 Å². The van der Waals surface area contributed by atoms with E-state index in [4.69, 9.17) is 0 Å². The Morgan fingerprint density at radius 1 is 1.09 bits per heavy atom. The van der Waals surface area contributed by atoms with Gasteiger partial charge in [-0.05, 0) is 45.9 Å². The number of nitrogens with zero attached hydrogens (tertiary/aromatic N) is 6. The van der Waals surface area contributed by atoms with E-state index in [9.17, 15) is 9.59 Å². The Hall–Kier alpha value is -3.33. The van der Waals surface area contributed by atoms with Gasteiger partial charge in [0.15, 0.2) is 10.9 Å². The summed E-state index contributed by atoms with van der Waals surface area (Å²) in [6.45, 7) is 8.48. The maximum atomic E-state index is 13.5. The van der Waals surface area contributed by atoms with E-state index >= 15 is 0 Å². The maximum Gasteiger partial charge on any atom is 0.295 e. The average Bonchev–Trinajstić information content (AvgIpc) is 3.43. The molecule has 166 valence electrons. The summed E-state index contributed by atoms with van der Waals surface area (Å²) in [4.78, 5) is 26.5. The third-order valence-electron chi connectivity index (χ3n) is 5.73. The van der Waals surface area contributed by atoms with Crippen LogP contribution in [0.25, 0.3) is 11.4 Å². The highest BCUT2D eigenvalue weighted by atomic mass is 32.2. The molecule has 3 aromatic heterocycles. The van der Waals surface area contributed by atoms with E-state index < -0.39 is 0 Å². The monoisotopic (exact) mass is 450 g/mol. The molecule has 0 saturated carbocycles. The van der Waals surface area contributed by atoms with E-state index in [0.717, 1.165) is 34.5 Å². The lowest BCUT2D eigenvalue weighted by atomic mass is 10.2. The zero-order chi connectivity index (χ0) is 23.0. The Balaban J connectivity index is 1.71. The number of Topliss-reactive ketones (excluding diaryl/α,β-unsaturated/α-hetero) is 1. The smallest absolute Gasteiger partial charge is 0.295 e. The van der Waals surface area contributed by atoms with E-state index in [1.54, 1.807) is 11.0 Å². The molecule has 0 amide bonds. The minimum absolute atomic E-state index is 0.00280. The van der Waals surface area contributed by atoms with Gasteiger partial charge >= 0.3 is 0 Å². The standard InChI is InChI=1S/C23H26N6O2S/c1-6-27-14-24-25-23(27)32-13-20(30)19-12-15(2)28(16(19)3)21-17(4)26(5)29(22(21)31)18-10-8-7-9-11-18/h7-12,14H,6,13H2,1-5H3. The first-order valence-corrected chi connectivity index (χ1v) is 11.4. The Morgan fingerprint density at radius 2 is 1.81 bits per heavy atom. The van der Waals surface area contributed by atoms with Crippen molar-refractivity contribution in [2.45, 2.75) is 39.4 Å².